The van der Waals surface area contributed by atoms with Crippen LogP contribution in [0.3, 0.4) is 0 Å². The van der Waals surface area contributed by atoms with Gasteiger partial charge in [0.1, 0.15) is 0 Å². The molecule has 0 radical (unpaired) electrons. The SMILES string of the molecule is CN(Cc1cscn1)C1CCc2cc(N)ccc21. The number of nitrogens with two attached hydrogens (primary N) is 1. The maximum Gasteiger partial charge on any atom is 0.0795 e. The third-order valence-corrected chi connectivity index (χ3v) is 4.28. The normalized spacial score (nSPS) is 18.2. The molecule has 4 heteroatoms. The van der Waals surface area contributed by atoms with E-state index in [0.29, 0.717) is 6.04 Å². The largest absolute Gasteiger partial charge is 0.399 e. The van der Waals surface area contributed by atoms with Crippen molar-refractivity contribution in [1.29, 1.82) is 0 Å². The number of nitrogens with zero attached hydrogens (tertiary/aromatic N) is 2. The minimum absolute atomic E-state index is 0.502. The molecule has 94 valence electrons. The topological polar surface area (TPSA) is 42.2 Å². The van der Waals surface area contributed by atoms with Crippen molar-refractivity contribution in [2.75, 3.05) is 12.8 Å². The van der Waals surface area contributed by atoms with Crippen LogP contribution in [0.15, 0.2) is 29.1 Å². The predicted molar refractivity (Wildman–Crippen MR) is 75.5 cm³/mol. The molecule has 0 saturated carbocycles. The first kappa shape index (κ1) is 11.7. The molecule has 3 nitrogen and oxygen atoms in total. The van der Waals surface area contributed by atoms with Crippen molar-refractivity contribution < 1.29 is 0 Å². The van der Waals surface area contributed by atoms with Crippen LogP contribution < -0.4 is 5.73 Å². The van der Waals surface area contributed by atoms with Gasteiger partial charge in [-0.1, -0.05) is 6.07 Å². The Balaban J connectivity index is 1.79. The Labute approximate surface area is 111 Å². The van der Waals surface area contributed by atoms with E-state index in [0.717, 1.165) is 24.3 Å². The number of aromatic nitrogens is 1. The molecule has 1 aromatic carbocycles. The minimum atomic E-state index is 0.502. The second-order valence-electron chi connectivity index (χ2n) is 4.91. The highest BCUT2D eigenvalue weighted by Gasteiger charge is 2.26. The van der Waals surface area contributed by atoms with Gasteiger partial charge in [0.15, 0.2) is 0 Å². The summed E-state index contributed by atoms with van der Waals surface area (Å²) >= 11 is 1.66. The molecule has 1 heterocycles. The second kappa shape index (κ2) is 4.71. The number of nitrogen functional groups attached to an aromatic ring is 1. The lowest BCUT2D eigenvalue weighted by atomic mass is 10.1. The Morgan fingerprint density at radius 1 is 1.50 bits per heavy atom. The summed E-state index contributed by atoms with van der Waals surface area (Å²) in [7, 11) is 2.18. The molecule has 0 aliphatic heterocycles. The fourth-order valence-electron chi connectivity index (χ4n) is 2.75. The van der Waals surface area contributed by atoms with Gasteiger partial charge in [0.2, 0.25) is 0 Å². The molecule has 1 atom stereocenters. The summed E-state index contributed by atoms with van der Waals surface area (Å²) in [5, 5.41) is 2.12. The van der Waals surface area contributed by atoms with Gasteiger partial charge in [0.25, 0.3) is 0 Å². The van der Waals surface area contributed by atoms with E-state index in [1.165, 1.54) is 17.5 Å². The summed E-state index contributed by atoms with van der Waals surface area (Å²) in [4.78, 5) is 6.74. The highest BCUT2D eigenvalue weighted by molar-refractivity contribution is 7.07. The van der Waals surface area contributed by atoms with E-state index in [-0.39, 0.29) is 0 Å². The third-order valence-electron chi connectivity index (χ3n) is 3.64. The first-order chi connectivity index (χ1) is 8.74. The van der Waals surface area contributed by atoms with Gasteiger partial charge in [-0.3, -0.25) is 4.90 Å². The van der Waals surface area contributed by atoms with Crippen molar-refractivity contribution in [1.82, 2.24) is 9.88 Å². The van der Waals surface area contributed by atoms with Crippen LogP contribution in [0.2, 0.25) is 0 Å². The number of rotatable bonds is 3. The molecule has 2 aromatic rings. The molecule has 1 aromatic heterocycles. The van der Waals surface area contributed by atoms with Crippen molar-refractivity contribution >= 4 is 17.0 Å². The number of anilines is 1. The smallest absolute Gasteiger partial charge is 0.0795 e. The molecule has 0 spiro atoms. The van der Waals surface area contributed by atoms with Crippen molar-refractivity contribution in [3.8, 4) is 0 Å². The lowest BCUT2D eigenvalue weighted by molar-refractivity contribution is 0.234. The zero-order valence-corrected chi connectivity index (χ0v) is 11.3. The van der Waals surface area contributed by atoms with Crippen LogP contribution in [0.25, 0.3) is 0 Å². The van der Waals surface area contributed by atoms with Crippen LogP contribution in [-0.4, -0.2) is 16.9 Å². The monoisotopic (exact) mass is 259 g/mol. The number of thiazole rings is 1. The van der Waals surface area contributed by atoms with Gasteiger partial charge in [-0.15, -0.1) is 11.3 Å². The number of benzene rings is 1. The molecule has 1 aliphatic rings. The van der Waals surface area contributed by atoms with Gasteiger partial charge in [-0.2, -0.15) is 0 Å². The molecule has 3 rings (SSSR count). The van der Waals surface area contributed by atoms with Gasteiger partial charge >= 0.3 is 0 Å². The summed E-state index contributed by atoms with van der Waals surface area (Å²) in [5.74, 6) is 0. The van der Waals surface area contributed by atoms with E-state index in [2.05, 4.69) is 34.4 Å². The Bertz CT molecular complexity index is 536. The van der Waals surface area contributed by atoms with Crippen molar-refractivity contribution in [2.45, 2.75) is 25.4 Å². The van der Waals surface area contributed by atoms with Crippen molar-refractivity contribution in [2.24, 2.45) is 0 Å². The summed E-state index contributed by atoms with van der Waals surface area (Å²) in [6.45, 7) is 0.915. The lowest BCUT2D eigenvalue weighted by Crippen LogP contribution is -2.22. The molecular weight excluding hydrogens is 242 g/mol. The maximum absolute atomic E-state index is 5.84. The Morgan fingerprint density at radius 2 is 2.39 bits per heavy atom. The summed E-state index contributed by atoms with van der Waals surface area (Å²) < 4.78 is 0. The molecule has 18 heavy (non-hydrogen) atoms. The predicted octanol–water partition coefficient (Wildman–Crippen LogP) is 2.84. The van der Waals surface area contributed by atoms with Crippen LogP contribution in [0.4, 0.5) is 5.69 Å². The van der Waals surface area contributed by atoms with E-state index in [1.54, 1.807) is 11.3 Å². The number of hydrogen-bond acceptors (Lipinski definition) is 4. The molecule has 0 amide bonds. The summed E-state index contributed by atoms with van der Waals surface area (Å²) in [5.41, 5.74) is 12.6. The Kier molecular flexibility index (Phi) is 3.06. The summed E-state index contributed by atoms with van der Waals surface area (Å²) in [6.07, 6.45) is 2.31. The van der Waals surface area contributed by atoms with Crippen LogP contribution in [0.1, 0.15) is 29.3 Å². The quantitative estimate of drug-likeness (QED) is 0.862. The molecule has 1 aliphatic carbocycles. The van der Waals surface area contributed by atoms with Gasteiger partial charge in [0.05, 0.1) is 11.2 Å². The average molecular weight is 259 g/mol. The van der Waals surface area contributed by atoms with Crippen LogP contribution in [0.5, 0.6) is 0 Å². The fraction of sp³-hybridized carbons (Fsp3) is 0.357. The van der Waals surface area contributed by atoms with E-state index < -0.39 is 0 Å². The third kappa shape index (κ3) is 2.13. The molecule has 0 bridgehead atoms. The minimum Gasteiger partial charge on any atom is -0.399 e. The van der Waals surface area contributed by atoms with Gasteiger partial charge in [-0.05, 0) is 43.1 Å². The first-order valence-corrected chi connectivity index (χ1v) is 7.14. The molecule has 0 saturated heterocycles. The zero-order chi connectivity index (χ0) is 12.5. The van der Waals surface area contributed by atoms with E-state index in [1.807, 2.05) is 11.6 Å². The zero-order valence-electron chi connectivity index (χ0n) is 10.5. The number of aryl methyl sites for hydroxylation is 1. The van der Waals surface area contributed by atoms with Crippen LogP contribution in [0, 0.1) is 0 Å². The van der Waals surface area contributed by atoms with Crippen molar-refractivity contribution in [3.05, 3.63) is 45.9 Å². The molecule has 2 N–H and O–H groups in total. The average Bonchev–Trinajstić information content (AvgIpc) is 2.97. The van der Waals surface area contributed by atoms with E-state index in [4.69, 9.17) is 5.73 Å². The van der Waals surface area contributed by atoms with E-state index >= 15 is 0 Å². The highest BCUT2D eigenvalue weighted by atomic mass is 32.1. The second-order valence-corrected chi connectivity index (χ2v) is 5.63. The van der Waals surface area contributed by atoms with Crippen LogP contribution in [-0.2, 0) is 13.0 Å². The van der Waals surface area contributed by atoms with Crippen LogP contribution >= 0.6 is 11.3 Å². The number of hydrogen-bond donors (Lipinski definition) is 1. The molecular formula is C14H17N3S. The fourth-order valence-corrected chi connectivity index (χ4v) is 3.30. The summed E-state index contributed by atoms with van der Waals surface area (Å²) in [6, 6.07) is 6.81. The Hall–Kier alpha value is -1.39. The first-order valence-electron chi connectivity index (χ1n) is 6.19. The van der Waals surface area contributed by atoms with E-state index in [9.17, 15) is 0 Å². The number of fused-ring (bicyclic) bond motifs is 1. The van der Waals surface area contributed by atoms with Crippen molar-refractivity contribution in [3.63, 3.8) is 0 Å². The Morgan fingerprint density at radius 3 is 3.17 bits per heavy atom. The maximum atomic E-state index is 5.84. The lowest BCUT2D eigenvalue weighted by Gasteiger charge is -2.24. The standard InChI is InChI=1S/C14H17N3S/c1-17(7-12-8-18-9-16-12)14-5-2-10-6-11(15)3-4-13(10)14/h3-4,6,8-9,14H,2,5,7,15H2,1H3. The molecule has 0 fully saturated rings. The van der Waals surface area contributed by atoms with Gasteiger partial charge in [-0.25, -0.2) is 4.98 Å². The van der Waals surface area contributed by atoms with Gasteiger partial charge < -0.3 is 5.73 Å². The molecule has 1 unspecified atom stereocenters. The highest BCUT2D eigenvalue weighted by Crippen LogP contribution is 2.36. The van der Waals surface area contributed by atoms with Gasteiger partial charge in [0, 0.05) is 23.7 Å².